The molecule has 5 nitrogen and oxygen atoms in total. The van der Waals surface area contributed by atoms with Crippen LogP contribution in [0.25, 0.3) is 15.9 Å². The van der Waals surface area contributed by atoms with Gasteiger partial charge in [-0.05, 0) is 49.7 Å². The predicted molar refractivity (Wildman–Crippen MR) is 109 cm³/mol. The van der Waals surface area contributed by atoms with Gasteiger partial charge in [-0.1, -0.05) is 12.1 Å². The molecule has 0 atom stereocenters. The van der Waals surface area contributed by atoms with Gasteiger partial charge in [-0.3, -0.25) is 4.79 Å². The lowest BCUT2D eigenvalue weighted by Crippen LogP contribution is -2.13. The minimum atomic E-state index is -0.178. The maximum atomic E-state index is 13.2. The molecule has 0 spiro atoms. The number of thiophene rings is 1. The maximum Gasteiger partial charge on any atom is 0.268 e. The number of aromatic nitrogens is 2. The molecule has 0 saturated heterocycles. The highest BCUT2D eigenvalue weighted by molar-refractivity contribution is 7.21. The van der Waals surface area contributed by atoms with E-state index >= 15 is 0 Å². The van der Waals surface area contributed by atoms with Crippen molar-refractivity contribution in [3.05, 3.63) is 71.0 Å². The lowest BCUT2D eigenvalue weighted by molar-refractivity contribution is 0.103. The molecule has 27 heavy (non-hydrogen) atoms. The van der Waals surface area contributed by atoms with Crippen LogP contribution in [-0.4, -0.2) is 22.6 Å². The standard InChI is InChI=1S/C21H19N3O2S/c1-13-12-14(2)22-21-17(13)18(24-10-6-7-11-24)19(27-21)20(25)23-15-8-4-5-9-16(15)26-3/h4-12H,1-3H3,(H,23,25). The number of benzene rings is 1. The number of anilines is 1. The van der Waals surface area contributed by atoms with Crippen LogP contribution in [0.5, 0.6) is 5.75 Å². The summed E-state index contributed by atoms with van der Waals surface area (Å²) in [5.74, 6) is 0.447. The molecule has 4 rings (SSSR count). The number of methoxy groups -OCH3 is 1. The Morgan fingerprint density at radius 2 is 1.89 bits per heavy atom. The Bertz CT molecular complexity index is 1130. The molecule has 0 aliphatic rings. The number of aryl methyl sites for hydroxylation is 2. The number of carbonyl (C=O) groups is 1. The van der Waals surface area contributed by atoms with Crippen LogP contribution in [0.3, 0.4) is 0 Å². The minimum absolute atomic E-state index is 0.178. The van der Waals surface area contributed by atoms with Crippen molar-refractivity contribution >= 4 is 33.1 Å². The van der Waals surface area contributed by atoms with Crippen molar-refractivity contribution in [1.29, 1.82) is 0 Å². The maximum absolute atomic E-state index is 13.2. The minimum Gasteiger partial charge on any atom is -0.495 e. The van der Waals surface area contributed by atoms with Gasteiger partial charge in [0.1, 0.15) is 15.5 Å². The van der Waals surface area contributed by atoms with E-state index in [2.05, 4.69) is 17.2 Å². The number of nitrogens with one attached hydrogen (secondary N) is 1. The number of ether oxygens (including phenoxy) is 1. The van der Waals surface area contributed by atoms with Crippen LogP contribution in [0.1, 0.15) is 20.9 Å². The number of para-hydroxylation sites is 2. The molecule has 3 heterocycles. The van der Waals surface area contributed by atoms with Crippen molar-refractivity contribution in [3.63, 3.8) is 0 Å². The summed E-state index contributed by atoms with van der Waals surface area (Å²) < 4.78 is 7.32. The Morgan fingerprint density at radius 3 is 2.63 bits per heavy atom. The number of pyridine rings is 1. The summed E-state index contributed by atoms with van der Waals surface area (Å²) in [7, 11) is 1.59. The number of fused-ring (bicyclic) bond motifs is 1. The van der Waals surface area contributed by atoms with Gasteiger partial charge < -0.3 is 14.6 Å². The summed E-state index contributed by atoms with van der Waals surface area (Å²) >= 11 is 1.41. The Balaban J connectivity index is 1.87. The van der Waals surface area contributed by atoms with Gasteiger partial charge in [0.2, 0.25) is 0 Å². The topological polar surface area (TPSA) is 56.1 Å². The van der Waals surface area contributed by atoms with E-state index in [1.54, 1.807) is 7.11 Å². The van der Waals surface area contributed by atoms with Crippen LogP contribution in [0, 0.1) is 13.8 Å². The van der Waals surface area contributed by atoms with Crippen LogP contribution < -0.4 is 10.1 Å². The Morgan fingerprint density at radius 1 is 1.15 bits per heavy atom. The van der Waals surface area contributed by atoms with Crippen molar-refractivity contribution in [2.24, 2.45) is 0 Å². The fraction of sp³-hybridized carbons (Fsp3) is 0.143. The van der Waals surface area contributed by atoms with E-state index < -0.39 is 0 Å². The number of amides is 1. The van der Waals surface area contributed by atoms with Crippen molar-refractivity contribution in [2.45, 2.75) is 13.8 Å². The average molecular weight is 377 g/mol. The molecule has 136 valence electrons. The van der Waals surface area contributed by atoms with E-state index in [9.17, 15) is 4.79 Å². The summed E-state index contributed by atoms with van der Waals surface area (Å²) in [6.07, 6.45) is 3.89. The molecule has 0 fully saturated rings. The van der Waals surface area contributed by atoms with Crippen LogP contribution in [0.2, 0.25) is 0 Å². The molecule has 0 saturated carbocycles. The quantitative estimate of drug-likeness (QED) is 0.547. The summed E-state index contributed by atoms with van der Waals surface area (Å²) in [4.78, 5) is 19.3. The first-order chi connectivity index (χ1) is 13.1. The highest BCUT2D eigenvalue weighted by Crippen LogP contribution is 2.36. The molecule has 0 aliphatic heterocycles. The molecule has 4 aromatic rings. The van der Waals surface area contributed by atoms with E-state index in [4.69, 9.17) is 4.74 Å². The van der Waals surface area contributed by atoms with E-state index in [0.29, 0.717) is 16.3 Å². The van der Waals surface area contributed by atoms with Crippen molar-refractivity contribution in [2.75, 3.05) is 12.4 Å². The second-order valence-corrected chi connectivity index (χ2v) is 7.28. The second-order valence-electron chi connectivity index (χ2n) is 6.29. The van der Waals surface area contributed by atoms with Crippen LogP contribution >= 0.6 is 11.3 Å². The SMILES string of the molecule is COc1ccccc1NC(=O)c1sc2nc(C)cc(C)c2c1-n1cccc1. The Hall–Kier alpha value is -3.12. The highest BCUT2D eigenvalue weighted by Gasteiger charge is 2.22. The number of hydrogen-bond donors (Lipinski definition) is 1. The first-order valence-electron chi connectivity index (χ1n) is 8.57. The third-order valence-corrected chi connectivity index (χ3v) is 5.46. The van der Waals surface area contributed by atoms with Gasteiger partial charge in [-0.2, -0.15) is 0 Å². The highest BCUT2D eigenvalue weighted by atomic mass is 32.1. The van der Waals surface area contributed by atoms with Gasteiger partial charge in [0.25, 0.3) is 5.91 Å². The first-order valence-corrected chi connectivity index (χ1v) is 9.38. The van der Waals surface area contributed by atoms with E-state index in [1.807, 2.05) is 66.3 Å². The molecule has 1 aromatic carbocycles. The molecular weight excluding hydrogens is 358 g/mol. The molecule has 0 bridgehead atoms. The van der Waals surface area contributed by atoms with Gasteiger partial charge in [-0.25, -0.2) is 4.98 Å². The fourth-order valence-electron chi connectivity index (χ4n) is 3.23. The number of nitrogens with zero attached hydrogens (tertiary/aromatic N) is 2. The van der Waals surface area contributed by atoms with Crippen LogP contribution in [0.4, 0.5) is 5.69 Å². The third-order valence-electron chi connectivity index (χ3n) is 4.39. The summed E-state index contributed by atoms with van der Waals surface area (Å²) in [6.45, 7) is 4.02. The lowest BCUT2D eigenvalue weighted by atomic mass is 10.1. The summed E-state index contributed by atoms with van der Waals surface area (Å²) in [5.41, 5.74) is 3.55. The zero-order valence-corrected chi connectivity index (χ0v) is 16.1. The van der Waals surface area contributed by atoms with Crippen LogP contribution in [0.15, 0.2) is 54.9 Å². The molecular formula is C21H19N3O2S. The fourth-order valence-corrected chi connectivity index (χ4v) is 4.42. The smallest absolute Gasteiger partial charge is 0.268 e. The molecule has 6 heteroatoms. The zero-order valence-electron chi connectivity index (χ0n) is 15.3. The number of carbonyl (C=O) groups excluding carboxylic acids is 1. The van der Waals surface area contributed by atoms with Crippen molar-refractivity contribution < 1.29 is 9.53 Å². The molecule has 0 aliphatic carbocycles. The molecule has 1 amide bonds. The van der Waals surface area contributed by atoms with Gasteiger partial charge >= 0.3 is 0 Å². The van der Waals surface area contributed by atoms with E-state index in [0.717, 1.165) is 27.2 Å². The van der Waals surface area contributed by atoms with Crippen molar-refractivity contribution in [1.82, 2.24) is 9.55 Å². The number of hydrogen-bond acceptors (Lipinski definition) is 4. The third kappa shape index (κ3) is 3.08. The Kier molecular flexibility index (Phi) is 4.41. The second kappa shape index (κ2) is 6.89. The number of rotatable bonds is 4. The molecule has 0 radical (unpaired) electrons. The van der Waals surface area contributed by atoms with Gasteiger partial charge in [-0.15, -0.1) is 11.3 Å². The monoisotopic (exact) mass is 377 g/mol. The van der Waals surface area contributed by atoms with Crippen LogP contribution in [-0.2, 0) is 0 Å². The van der Waals surface area contributed by atoms with Crippen molar-refractivity contribution in [3.8, 4) is 11.4 Å². The zero-order chi connectivity index (χ0) is 19.0. The molecule has 3 aromatic heterocycles. The average Bonchev–Trinajstić information content (AvgIpc) is 3.29. The summed E-state index contributed by atoms with van der Waals surface area (Å²) in [6, 6.07) is 13.3. The summed E-state index contributed by atoms with van der Waals surface area (Å²) in [5, 5.41) is 3.99. The van der Waals surface area contributed by atoms with Gasteiger partial charge in [0.05, 0.1) is 18.5 Å². The largest absolute Gasteiger partial charge is 0.495 e. The van der Waals surface area contributed by atoms with E-state index in [-0.39, 0.29) is 5.91 Å². The molecule has 1 N–H and O–H groups in total. The first kappa shape index (κ1) is 17.3. The normalized spacial score (nSPS) is 10.9. The lowest BCUT2D eigenvalue weighted by Gasteiger charge is -2.11. The van der Waals surface area contributed by atoms with Gasteiger partial charge in [0, 0.05) is 23.5 Å². The van der Waals surface area contributed by atoms with E-state index in [1.165, 1.54) is 11.3 Å². The Labute approximate surface area is 161 Å². The predicted octanol–water partition coefficient (Wildman–Crippen LogP) is 4.96. The van der Waals surface area contributed by atoms with Gasteiger partial charge in [0.15, 0.2) is 0 Å². The molecule has 0 unspecified atom stereocenters.